The Morgan fingerprint density at radius 1 is 1.26 bits per heavy atom. The molecule has 1 fully saturated rings. The first-order chi connectivity index (χ1) is 16.9. The molecular weight excluding hydrogens is 468 g/mol. The molecule has 0 bridgehead atoms. The van der Waals surface area contributed by atoms with E-state index in [1.807, 2.05) is 52.3 Å². The number of fused-ring (bicyclic) bond motifs is 2. The number of halogens is 1. The fraction of sp³-hybridized carbons (Fsp3) is 0.280. The summed E-state index contributed by atoms with van der Waals surface area (Å²) < 4.78 is 4.91. The van der Waals surface area contributed by atoms with E-state index < -0.39 is 6.04 Å². The lowest BCUT2D eigenvalue weighted by atomic mass is 10.1. The van der Waals surface area contributed by atoms with Crippen molar-refractivity contribution in [3.05, 3.63) is 65.1 Å². The Hall–Kier alpha value is -3.69. The van der Waals surface area contributed by atoms with E-state index in [0.717, 1.165) is 33.1 Å². The maximum Gasteiger partial charge on any atom is 0.319 e. The number of likely N-dealkylation sites (tertiary alicyclic amines) is 1. The molecule has 1 saturated heterocycles. The van der Waals surface area contributed by atoms with Crippen LogP contribution in [0.15, 0.2) is 48.8 Å². The Labute approximate surface area is 206 Å². The fourth-order valence-corrected chi connectivity index (χ4v) is 4.82. The first-order valence-corrected chi connectivity index (χ1v) is 11.6. The van der Waals surface area contributed by atoms with Crippen molar-refractivity contribution in [2.24, 2.45) is 0 Å². The minimum absolute atomic E-state index is 0.0169. The standard InChI is InChI=1S/C25H25ClN6O3/c1-35-23(33)13-32(12-18-10-16-9-17(26)3-5-20(16)30-18)22-6-7-31(25(22)34)11-15-2-4-19-21(8-15)28-14-29-24(19)27/h2-5,8-10,14,22,30H,6-7,11-13H2,1H3,(H2,27,28,29)/t22-/m1/s1. The highest BCUT2D eigenvalue weighted by Gasteiger charge is 2.37. The van der Waals surface area contributed by atoms with Crippen LogP contribution in [0, 0.1) is 0 Å². The number of anilines is 1. The smallest absolute Gasteiger partial charge is 0.319 e. The number of amides is 1. The van der Waals surface area contributed by atoms with Gasteiger partial charge in [-0.05, 0) is 48.4 Å². The highest BCUT2D eigenvalue weighted by Crippen LogP contribution is 2.25. The van der Waals surface area contributed by atoms with Crippen LogP contribution >= 0.6 is 11.6 Å². The summed E-state index contributed by atoms with van der Waals surface area (Å²) in [6.45, 7) is 1.46. The van der Waals surface area contributed by atoms with Gasteiger partial charge < -0.3 is 20.4 Å². The topological polar surface area (TPSA) is 117 Å². The van der Waals surface area contributed by atoms with E-state index in [1.165, 1.54) is 13.4 Å². The molecule has 180 valence electrons. The molecule has 0 spiro atoms. The Morgan fingerprint density at radius 2 is 2.11 bits per heavy atom. The van der Waals surface area contributed by atoms with Crippen LogP contribution in [0.1, 0.15) is 17.7 Å². The number of carbonyl (C=O) groups excluding carboxylic acids is 2. The molecule has 0 unspecified atom stereocenters. The number of aromatic amines is 1. The number of ether oxygens (including phenoxy) is 1. The molecule has 0 saturated carbocycles. The number of benzene rings is 2. The average Bonchev–Trinajstić information content (AvgIpc) is 3.41. The average molecular weight is 493 g/mol. The van der Waals surface area contributed by atoms with Gasteiger partial charge >= 0.3 is 5.97 Å². The van der Waals surface area contributed by atoms with E-state index in [1.54, 1.807) is 0 Å². The number of nitrogens with zero attached hydrogens (tertiary/aromatic N) is 4. The minimum Gasteiger partial charge on any atom is -0.468 e. The molecule has 1 aliphatic heterocycles. The van der Waals surface area contributed by atoms with Crippen molar-refractivity contribution < 1.29 is 14.3 Å². The van der Waals surface area contributed by atoms with Gasteiger partial charge in [0.25, 0.3) is 0 Å². The second-order valence-electron chi connectivity index (χ2n) is 8.68. The van der Waals surface area contributed by atoms with Crippen molar-refractivity contribution >= 4 is 51.1 Å². The lowest BCUT2D eigenvalue weighted by molar-refractivity contribution is -0.144. The van der Waals surface area contributed by atoms with Crippen molar-refractivity contribution in [2.45, 2.75) is 25.6 Å². The van der Waals surface area contributed by atoms with Crippen LogP contribution < -0.4 is 5.73 Å². The molecule has 3 N–H and O–H groups in total. The number of esters is 1. The molecule has 2 aromatic heterocycles. The lowest BCUT2D eigenvalue weighted by Crippen LogP contribution is -2.44. The first kappa shape index (κ1) is 23.1. The van der Waals surface area contributed by atoms with Gasteiger partial charge in [-0.25, -0.2) is 9.97 Å². The summed E-state index contributed by atoms with van der Waals surface area (Å²) in [5.41, 5.74) is 9.46. The SMILES string of the molecule is COC(=O)CN(Cc1cc2cc(Cl)ccc2[nH]1)[C@@H]1CCN(Cc2ccc3c(N)ncnc3c2)C1=O. The fourth-order valence-electron chi connectivity index (χ4n) is 4.63. The highest BCUT2D eigenvalue weighted by molar-refractivity contribution is 6.31. The number of carbonyl (C=O) groups is 2. The monoisotopic (exact) mass is 492 g/mol. The predicted molar refractivity (Wildman–Crippen MR) is 134 cm³/mol. The molecule has 2 aromatic carbocycles. The van der Waals surface area contributed by atoms with Gasteiger partial charge in [-0.15, -0.1) is 0 Å². The number of hydrogen-bond acceptors (Lipinski definition) is 7. The van der Waals surface area contributed by atoms with Crippen molar-refractivity contribution in [2.75, 3.05) is 25.9 Å². The lowest BCUT2D eigenvalue weighted by Gasteiger charge is -2.26. The minimum atomic E-state index is -0.428. The maximum absolute atomic E-state index is 13.4. The zero-order valence-electron chi connectivity index (χ0n) is 19.2. The normalized spacial score (nSPS) is 16.0. The molecule has 35 heavy (non-hydrogen) atoms. The van der Waals surface area contributed by atoms with Gasteiger partial charge in [-0.2, -0.15) is 0 Å². The second kappa shape index (κ2) is 9.52. The quantitative estimate of drug-likeness (QED) is 0.380. The number of H-pyrrole nitrogens is 1. The predicted octanol–water partition coefficient (Wildman–Crippen LogP) is 3.12. The van der Waals surface area contributed by atoms with E-state index >= 15 is 0 Å². The molecule has 10 heteroatoms. The number of methoxy groups -OCH3 is 1. The van der Waals surface area contributed by atoms with Crippen molar-refractivity contribution in [3.8, 4) is 0 Å². The molecule has 0 aliphatic carbocycles. The molecule has 1 amide bonds. The van der Waals surface area contributed by atoms with Gasteiger partial charge in [0.2, 0.25) is 5.91 Å². The molecule has 5 rings (SSSR count). The van der Waals surface area contributed by atoms with E-state index in [2.05, 4.69) is 15.0 Å². The summed E-state index contributed by atoms with van der Waals surface area (Å²) >= 11 is 6.12. The Bertz CT molecular complexity index is 1420. The first-order valence-electron chi connectivity index (χ1n) is 11.3. The number of nitrogens with two attached hydrogens (primary N) is 1. The van der Waals surface area contributed by atoms with Crippen molar-refractivity contribution in [1.82, 2.24) is 24.8 Å². The van der Waals surface area contributed by atoms with E-state index in [0.29, 0.717) is 36.9 Å². The van der Waals surface area contributed by atoms with Crippen LogP contribution in [0.3, 0.4) is 0 Å². The zero-order chi connectivity index (χ0) is 24.5. The van der Waals surface area contributed by atoms with E-state index in [-0.39, 0.29) is 18.4 Å². The number of aromatic nitrogens is 3. The summed E-state index contributed by atoms with van der Waals surface area (Å²) in [5, 5.41) is 2.41. The number of rotatable bonds is 7. The van der Waals surface area contributed by atoms with Crippen LogP contribution in [-0.2, 0) is 27.4 Å². The third-order valence-electron chi connectivity index (χ3n) is 6.39. The van der Waals surface area contributed by atoms with Crippen molar-refractivity contribution in [1.29, 1.82) is 0 Å². The molecule has 0 radical (unpaired) electrons. The van der Waals surface area contributed by atoms with E-state index in [9.17, 15) is 9.59 Å². The molecular formula is C25H25ClN6O3. The van der Waals surface area contributed by atoms with Gasteiger partial charge in [0.1, 0.15) is 12.1 Å². The van der Waals surface area contributed by atoms with E-state index in [4.69, 9.17) is 22.1 Å². The third-order valence-corrected chi connectivity index (χ3v) is 6.62. The highest BCUT2D eigenvalue weighted by atomic mass is 35.5. The number of hydrogen-bond donors (Lipinski definition) is 2. The molecule has 3 heterocycles. The number of nitrogens with one attached hydrogen (secondary N) is 1. The van der Waals surface area contributed by atoms with Gasteiger partial charge in [-0.3, -0.25) is 14.5 Å². The number of nitrogen functional groups attached to an aromatic ring is 1. The molecule has 1 atom stereocenters. The van der Waals surface area contributed by atoms with Gasteiger partial charge in [0.15, 0.2) is 0 Å². The van der Waals surface area contributed by atoms with Crippen LogP contribution in [0.25, 0.3) is 21.8 Å². The van der Waals surface area contributed by atoms with Gasteiger partial charge in [0.05, 0.1) is 25.2 Å². The Morgan fingerprint density at radius 3 is 2.94 bits per heavy atom. The van der Waals surface area contributed by atoms with Gasteiger partial charge in [-0.1, -0.05) is 17.7 Å². The summed E-state index contributed by atoms with van der Waals surface area (Å²) in [6, 6.07) is 12.9. The molecule has 1 aliphatic rings. The summed E-state index contributed by atoms with van der Waals surface area (Å²) in [5.74, 6) is 0.0223. The van der Waals surface area contributed by atoms with Gasteiger partial charge in [0, 0.05) is 46.6 Å². The zero-order valence-corrected chi connectivity index (χ0v) is 20.0. The summed E-state index contributed by atoms with van der Waals surface area (Å²) in [6.07, 6.45) is 2.05. The summed E-state index contributed by atoms with van der Waals surface area (Å²) in [7, 11) is 1.35. The molecule has 9 nitrogen and oxygen atoms in total. The van der Waals surface area contributed by atoms with Crippen LogP contribution in [0.5, 0.6) is 0 Å². The maximum atomic E-state index is 13.4. The Kier molecular flexibility index (Phi) is 6.27. The largest absolute Gasteiger partial charge is 0.468 e. The Balaban J connectivity index is 1.34. The summed E-state index contributed by atoms with van der Waals surface area (Å²) in [4.78, 5) is 40.9. The van der Waals surface area contributed by atoms with Crippen LogP contribution in [-0.4, -0.2) is 62.9 Å². The van der Waals surface area contributed by atoms with Crippen LogP contribution in [0.2, 0.25) is 5.02 Å². The van der Waals surface area contributed by atoms with Crippen molar-refractivity contribution in [3.63, 3.8) is 0 Å². The van der Waals surface area contributed by atoms with Crippen LogP contribution in [0.4, 0.5) is 5.82 Å². The molecule has 4 aromatic rings. The second-order valence-corrected chi connectivity index (χ2v) is 9.12. The third kappa shape index (κ3) is 4.78.